The first-order valence-electron chi connectivity index (χ1n) is 11.7. The van der Waals surface area contributed by atoms with Gasteiger partial charge >= 0.3 is 0 Å². The van der Waals surface area contributed by atoms with E-state index in [-0.39, 0.29) is 17.5 Å². The zero-order valence-corrected chi connectivity index (χ0v) is 20.0. The number of rotatable bonds is 9. The van der Waals surface area contributed by atoms with Gasteiger partial charge in [-0.05, 0) is 64.5 Å². The van der Waals surface area contributed by atoms with Crippen LogP contribution in [0.4, 0.5) is 0 Å². The van der Waals surface area contributed by atoms with Crippen LogP contribution in [0.5, 0.6) is 0 Å². The van der Waals surface area contributed by atoms with Crippen LogP contribution in [0.2, 0.25) is 0 Å². The number of aromatic amines is 1. The maximum atomic E-state index is 13.1. The quantitative estimate of drug-likeness (QED) is 0.338. The molecule has 0 spiro atoms. The van der Waals surface area contributed by atoms with Crippen molar-refractivity contribution < 1.29 is 8.83 Å². The standard InChI is InChI=1S/C26H28N6O3/c1-17(2)24(25-28-29-30-32(25)16-22-10-6-12-35-22)31(15-21-9-5-11-34-21)14-20-13-19-8-4-7-18(3)23(19)27-26(20)33/h4-13,17,24H,14-16H2,1-3H3,(H,27,33). The van der Waals surface area contributed by atoms with Crippen molar-refractivity contribution in [1.82, 2.24) is 30.1 Å². The molecule has 1 atom stereocenters. The zero-order valence-electron chi connectivity index (χ0n) is 20.0. The highest BCUT2D eigenvalue weighted by Gasteiger charge is 2.31. The van der Waals surface area contributed by atoms with Crippen molar-refractivity contribution in [2.75, 3.05) is 0 Å². The first-order chi connectivity index (χ1) is 17.0. The number of aromatic nitrogens is 5. The number of furan rings is 2. The molecule has 5 aromatic rings. The van der Waals surface area contributed by atoms with E-state index in [0.717, 1.165) is 28.0 Å². The molecule has 0 aliphatic rings. The van der Waals surface area contributed by atoms with Crippen LogP contribution < -0.4 is 5.56 Å². The Morgan fingerprint density at radius 1 is 1.03 bits per heavy atom. The first kappa shape index (κ1) is 22.8. The predicted octanol–water partition coefficient (Wildman–Crippen LogP) is 4.46. The molecule has 0 saturated carbocycles. The summed E-state index contributed by atoms with van der Waals surface area (Å²) in [6.45, 7) is 7.56. The van der Waals surface area contributed by atoms with Gasteiger partial charge < -0.3 is 13.8 Å². The van der Waals surface area contributed by atoms with E-state index in [1.165, 1.54) is 0 Å². The van der Waals surface area contributed by atoms with Crippen molar-refractivity contribution in [3.8, 4) is 0 Å². The number of benzene rings is 1. The van der Waals surface area contributed by atoms with E-state index in [4.69, 9.17) is 8.83 Å². The van der Waals surface area contributed by atoms with Gasteiger partial charge in [0.1, 0.15) is 18.1 Å². The highest BCUT2D eigenvalue weighted by molar-refractivity contribution is 5.81. The SMILES string of the molecule is Cc1cccc2cc(CN(Cc3ccco3)C(c3nnnn3Cc3ccco3)C(C)C)c(=O)[nH]c12. The number of aryl methyl sites for hydroxylation is 1. The normalized spacial score (nSPS) is 12.7. The lowest BCUT2D eigenvalue weighted by Crippen LogP contribution is -2.35. The van der Waals surface area contributed by atoms with Crippen molar-refractivity contribution >= 4 is 10.9 Å². The molecule has 35 heavy (non-hydrogen) atoms. The molecule has 0 fully saturated rings. The summed E-state index contributed by atoms with van der Waals surface area (Å²) in [5.41, 5.74) is 2.47. The highest BCUT2D eigenvalue weighted by Crippen LogP contribution is 2.30. The van der Waals surface area contributed by atoms with Gasteiger partial charge in [-0.3, -0.25) is 9.69 Å². The molecule has 0 aliphatic carbocycles. The minimum atomic E-state index is -0.183. The van der Waals surface area contributed by atoms with E-state index in [1.54, 1.807) is 17.2 Å². The topological polar surface area (TPSA) is 106 Å². The van der Waals surface area contributed by atoms with Gasteiger partial charge in [-0.1, -0.05) is 32.0 Å². The summed E-state index contributed by atoms with van der Waals surface area (Å²) in [6.07, 6.45) is 3.29. The number of nitrogens with one attached hydrogen (secondary N) is 1. The Morgan fingerprint density at radius 2 is 1.80 bits per heavy atom. The Balaban J connectivity index is 1.54. The van der Waals surface area contributed by atoms with E-state index >= 15 is 0 Å². The summed E-state index contributed by atoms with van der Waals surface area (Å²) >= 11 is 0. The third-order valence-electron chi connectivity index (χ3n) is 6.21. The molecule has 4 heterocycles. The Morgan fingerprint density at radius 3 is 2.51 bits per heavy atom. The summed E-state index contributed by atoms with van der Waals surface area (Å²) < 4.78 is 13.0. The number of para-hydroxylation sites is 1. The molecule has 1 unspecified atom stereocenters. The molecule has 9 nitrogen and oxygen atoms in total. The molecule has 0 amide bonds. The van der Waals surface area contributed by atoms with Crippen LogP contribution in [-0.2, 0) is 19.6 Å². The molecule has 9 heteroatoms. The largest absolute Gasteiger partial charge is 0.468 e. The van der Waals surface area contributed by atoms with Crippen LogP contribution >= 0.6 is 0 Å². The number of hydrogen-bond acceptors (Lipinski definition) is 7. The second-order valence-electron chi connectivity index (χ2n) is 9.11. The maximum Gasteiger partial charge on any atom is 0.252 e. The Bertz CT molecular complexity index is 1450. The minimum absolute atomic E-state index is 0.103. The molecular weight excluding hydrogens is 444 g/mol. The molecule has 4 aromatic heterocycles. The van der Waals surface area contributed by atoms with Crippen LogP contribution in [0.3, 0.4) is 0 Å². The van der Waals surface area contributed by atoms with Crippen LogP contribution in [-0.4, -0.2) is 30.1 Å². The van der Waals surface area contributed by atoms with Gasteiger partial charge in [0.15, 0.2) is 5.82 Å². The van der Waals surface area contributed by atoms with Gasteiger partial charge in [-0.25, -0.2) is 4.68 Å². The van der Waals surface area contributed by atoms with Crippen LogP contribution in [0.25, 0.3) is 10.9 Å². The number of tetrazole rings is 1. The Kier molecular flexibility index (Phi) is 6.33. The van der Waals surface area contributed by atoms with E-state index in [1.807, 2.05) is 55.5 Å². The lowest BCUT2D eigenvalue weighted by atomic mass is 10.00. The monoisotopic (exact) mass is 472 g/mol. The maximum absolute atomic E-state index is 13.1. The molecule has 0 radical (unpaired) electrons. The third kappa shape index (κ3) is 4.81. The van der Waals surface area contributed by atoms with E-state index in [9.17, 15) is 4.79 Å². The average molecular weight is 473 g/mol. The molecule has 0 bridgehead atoms. The average Bonchev–Trinajstić information content (AvgIpc) is 3.60. The molecular formula is C26H28N6O3. The van der Waals surface area contributed by atoms with Crippen molar-refractivity contribution in [2.45, 2.75) is 46.4 Å². The molecule has 1 aromatic carbocycles. The van der Waals surface area contributed by atoms with Gasteiger partial charge in [-0.15, -0.1) is 5.10 Å². The third-order valence-corrected chi connectivity index (χ3v) is 6.21. The summed E-state index contributed by atoms with van der Waals surface area (Å²) in [5.74, 6) is 2.41. The zero-order chi connectivity index (χ0) is 24.4. The summed E-state index contributed by atoms with van der Waals surface area (Å²) in [4.78, 5) is 18.4. The van der Waals surface area contributed by atoms with Crippen molar-refractivity contribution in [3.05, 3.63) is 99.9 Å². The summed E-state index contributed by atoms with van der Waals surface area (Å²) in [6, 6.07) is 15.3. The van der Waals surface area contributed by atoms with Crippen LogP contribution in [0.1, 0.15) is 48.4 Å². The second-order valence-corrected chi connectivity index (χ2v) is 9.11. The van der Waals surface area contributed by atoms with E-state index in [0.29, 0.717) is 31.0 Å². The van der Waals surface area contributed by atoms with Gasteiger partial charge in [-0.2, -0.15) is 0 Å². The minimum Gasteiger partial charge on any atom is -0.468 e. The Hall–Kier alpha value is -3.98. The van der Waals surface area contributed by atoms with Gasteiger partial charge in [0, 0.05) is 12.1 Å². The number of pyridine rings is 1. The number of fused-ring (bicyclic) bond motifs is 1. The van der Waals surface area contributed by atoms with Crippen molar-refractivity contribution in [3.63, 3.8) is 0 Å². The van der Waals surface area contributed by atoms with E-state index in [2.05, 4.69) is 39.3 Å². The number of H-pyrrole nitrogens is 1. The fourth-order valence-corrected chi connectivity index (χ4v) is 4.59. The lowest BCUT2D eigenvalue weighted by molar-refractivity contribution is 0.116. The van der Waals surface area contributed by atoms with Gasteiger partial charge in [0.25, 0.3) is 5.56 Å². The molecule has 0 saturated heterocycles. The molecule has 0 aliphatic heterocycles. The molecule has 1 N–H and O–H groups in total. The fourth-order valence-electron chi connectivity index (χ4n) is 4.59. The fraction of sp³-hybridized carbons (Fsp3) is 0.308. The molecule has 180 valence electrons. The Labute approximate surface area is 202 Å². The van der Waals surface area contributed by atoms with Crippen molar-refractivity contribution in [1.29, 1.82) is 0 Å². The lowest BCUT2D eigenvalue weighted by Gasteiger charge is -2.32. The summed E-state index contributed by atoms with van der Waals surface area (Å²) in [5, 5.41) is 13.6. The van der Waals surface area contributed by atoms with E-state index < -0.39 is 0 Å². The predicted molar refractivity (Wildman–Crippen MR) is 130 cm³/mol. The number of nitrogens with zero attached hydrogens (tertiary/aromatic N) is 5. The number of hydrogen-bond donors (Lipinski definition) is 1. The smallest absolute Gasteiger partial charge is 0.252 e. The first-order valence-corrected chi connectivity index (χ1v) is 11.7. The van der Waals surface area contributed by atoms with Crippen LogP contribution in [0, 0.1) is 12.8 Å². The highest BCUT2D eigenvalue weighted by atomic mass is 16.3. The van der Waals surface area contributed by atoms with Crippen LogP contribution in [0.15, 0.2) is 74.7 Å². The second kappa shape index (κ2) is 9.71. The van der Waals surface area contributed by atoms with Gasteiger partial charge in [0.2, 0.25) is 0 Å². The summed E-state index contributed by atoms with van der Waals surface area (Å²) in [7, 11) is 0. The molecule has 5 rings (SSSR count). The van der Waals surface area contributed by atoms with Crippen molar-refractivity contribution in [2.24, 2.45) is 5.92 Å². The van der Waals surface area contributed by atoms with Gasteiger partial charge in [0.05, 0.1) is 30.6 Å².